The average molecular weight is 377 g/mol. The lowest BCUT2D eigenvalue weighted by Gasteiger charge is -2.34. The molecule has 0 saturated carbocycles. The summed E-state index contributed by atoms with van der Waals surface area (Å²) in [7, 11) is 0. The highest BCUT2D eigenvalue weighted by atomic mass is 32.2. The highest BCUT2D eigenvalue weighted by molar-refractivity contribution is 7.99. The largest absolute Gasteiger partial charge is 0.343 e. The average Bonchev–Trinajstić information content (AvgIpc) is 3.04. The second-order valence-electron chi connectivity index (χ2n) is 6.02. The highest BCUT2D eigenvalue weighted by Crippen LogP contribution is 2.16. The van der Waals surface area contributed by atoms with Crippen LogP contribution in [0.4, 0.5) is 5.95 Å². The third kappa shape index (κ3) is 4.43. The second kappa shape index (κ2) is 8.84. The van der Waals surface area contributed by atoms with Gasteiger partial charge in [0.25, 0.3) is 0 Å². The molecule has 1 aliphatic heterocycles. The zero-order chi connectivity index (χ0) is 18.4. The van der Waals surface area contributed by atoms with Gasteiger partial charge in [-0.3, -0.25) is 9.36 Å². The maximum atomic E-state index is 12.5. The number of H-pyrrole nitrogens is 1. The number of anilines is 1. The number of amides is 1. The van der Waals surface area contributed by atoms with Crippen molar-refractivity contribution in [2.75, 3.05) is 36.8 Å². The summed E-state index contributed by atoms with van der Waals surface area (Å²) >= 11 is 1.31. The van der Waals surface area contributed by atoms with Crippen LogP contribution in [0.5, 0.6) is 0 Å². The standard InChI is InChI=1S/C16H23N7O2S/c1-2-3-7-23-15(25)19-20-16(23)26-12-13(24)21-8-10-22(11-9-21)14-17-5-4-6-18-14/h4-6H,2-3,7-12H2,1H3,(H,19,25). The van der Waals surface area contributed by atoms with Crippen molar-refractivity contribution >= 4 is 23.6 Å². The minimum absolute atomic E-state index is 0.0566. The van der Waals surface area contributed by atoms with E-state index in [-0.39, 0.29) is 17.3 Å². The molecular weight excluding hydrogens is 354 g/mol. The molecule has 2 aromatic rings. The SMILES string of the molecule is CCCCn1c(SCC(=O)N2CCN(c3ncccn3)CC2)n[nH]c1=O. The fourth-order valence-electron chi connectivity index (χ4n) is 2.75. The predicted octanol–water partition coefficient (Wildman–Crippen LogP) is 0.602. The van der Waals surface area contributed by atoms with Crippen molar-refractivity contribution < 1.29 is 4.79 Å². The predicted molar refractivity (Wildman–Crippen MR) is 99.3 cm³/mol. The normalized spacial score (nSPS) is 14.7. The van der Waals surface area contributed by atoms with E-state index in [1.165, 1.54) is 11.8 Å². The van der Waals surface area contributed by atoms with Gasteiger partial charge >= 0.3 is 5.69 Å². The number of rotatable bonds is 7. The number of aromatic amines is 1. The molecule has 140 valence electrons. The van der Waals surface area contributed by atoms with Crippen molar-refractivity contribution in [3.05, 3.63) is 28.9 Å². The minimum atomic E-state index is -0.218. The van der Waals surface area contributed by atoms with E-state index in [9.17, 15) is 9.59 Å². The van der Waals surface area contributed by atoms with Crippen LogP contribution in [0.25, 0.3) is 0 Å². The number of nitrogens with one attached hydrogen (secondary N) is 1. The fourth-order valence-corrected chi connectivity index (χ4v) is 3.63. The summed E-state index contributed by atoms with van der Waals surface area (Å²) in [5.74, 6) is 1.03. The monoisotopic (exact) mass is 377 g/mol. The molecule has 10 heteroatoms. The number of carbonyl (C=O) groups excluding carboxylic acids is 1. The number of thioether (sulfide) groups is 1. The molecule has 0 spiro atoms. The Morgan fingerprint density at radius 1 is 1.23 bits per heavy atom. The Hall–Kier alpha value is -2.36. The first kappa shape index (κ1) is 18.4. The number of hydrogen-bond donors (Lipinski definition) is 1. The molecule has 1 fully saturated rings. The van der Waals surface area contributed by atoms with Gasteiger partial charge in [-0.25, -0.2) is 19.9 Å². The Kier molecular flexibility index (Phi) is 6.26. The first-order valence-electron chi connectivity index (χ1n) is 8.76. The summed E-state index contributed by atoms with van der Waals surface area (Å²) in [6.45, 7) is 5.40. The van der Waals surface area contributed by atoms with Crippen molar-refractivity contribution in [1.82, 2.24) is 29.6 Å². The van der Waals surface area contributed by atoms with E-state index >= 15 is 0 Å². The molecule has 0 bridgehead atoms. The molecule has 0 atom stereocenters. The van der Waals surface area contributed by atoms with Crippen LogP contribution in [0.15, 0.2) is 28.4 Å². The van der Waals surface area contributed by atoms with Gasteiger partial charge < -0.3 is 9.80 Å². The number of nitrogens with zero attached hydrogens (tertiary/aromatic N) is 6. The molecule has 1 aliphatic rings. The smallest absolute Gasteiger partial charge is 0.338 e. The molecule has 1 saturated heterocycles. The van der Waals surface area contributed by atoms with E-state index in [0.717, 1.165) is 12.8 Å². The van der Waals surface area contributed by atoms with E-state index in [1.807, 2.05) is 4.90 Å². The van der Waals surface area contributed by atoms with Gasteiger partial charge in [0.05, 0.1) is 5.75 Å². The number of hydrogen-bond acceptors (Lipinski definition) is 7. The lowest BCUT2D eigenvalue weighted by atomic mass is 10.3. The Balaban J connectivity index is 1.50. The van der Waals surface area contributed by atoms with Crippen LogP contribution in [-0.4, -0.2) is 67.5 Å². The quantitative estimate of drug-likeness (QED) is 0.705. The number of aromatic nitrogens is 5. The van der Waals surface area contributed by atoms with Crippen molar-refractivity contribution in [3.8, 4) is 0 Å². The zero-order valence-corrected chi connectivity index (χ0v) is 15.6. The summed E-state index contributed by atoms with van der Waals surface area (Å²) in [6.07, 6.45) is 5.34. The van der Waals surface area contributed by atoms with E-state index < -0.39 is 0 Å². The lowest BCUT2D eigenvalue weighted by molar-refractivity contribution is -0.128. The number of unbranched alkanes of at least 4 members (excludes halogenated alkanes) is 1. The Morgan fingerprint density at radius 3 is 2.65 bits per heavy atom. The molecule has 3 heterocycles. The van der Waals surface area contributed by atoms with Gasteiger partial charge in [-0.1, -0.05) is 25.1 Å². The minimum Gasteiger partial charge on any atom is -0.338 e. The molecule has 2 aromatic heterocycles. The molecule has 0 aliphatic carbocycles. The first-order chi connectivity index (χ1) is 12.7. The second-order valence-corrected chi connectivity index (χ2v) is 6.96. The topological polar surface area (TPSA) is 100 Å². The molecule has 26 heavy (non-hydrogen) atoms. The summed E-state index contributed by atoms with van der Waals surface area (Å²) in [5.41, 5.74) is -0.218. The molecule has 0 radical (unpaired) electrons. The summed E-state index contributed by atoms with van der Waals surface area (Å²) in [4.78, 5) is 36.7. The number of piperazine rings is 1. The first-order valence-corrected chi connectivity index (χ1v) is 9.75. The molecule has 0 unspecified atom stereocenters. The summed E-state index contributed by atoms with van der Waals surface area (Å²) in [6, 6.07) is 1.79. The van der Waals surface area contributed by atoms with Crippen LogP contribution < -0.4 is 10.6 Å². The van der Waals surface area contributed by atoms with Crippen molar-refractivity contribution in [2.45, 2.75) is 31.5 Å². The van der Waals surface area contributed by atoms with Gasteiger partial charge in [0, 0.05) is 45.1 Å². The maximum Gasteiger partial charge on any atom is 0.343 e. The van der Waals surface area contributed by atoms with Gasteiger partial charge in [0.2, 0.25) is 11.9 Å². The van der Waals surface area contributed by atoms with Gasteiger partial charge in [-0.05, 0) is 12.5 Å². The molecule has 9 nitrogen and oxygen atoms in total. The van der Waals surface area contributed by atoms with E-state index in [2.05, 4.69) is 32.0 Å². The van der Waals surface area contributed by atoms with E-state index in [0.29, 0.717) is 43.8 Å². The zero-order valence-electron chi connectivity index (χ0n) is 14.8. The van der Waals surface area contributed by atoms with Crippen LogP contribution >= 0.6 is 11.8 Å². The maximum absolute atomic E-state index is 12.5. The molecule has 1 amide bonds. The Morgan fingerprint density at radius 2 is 1.96 bits per heavy atom. The van der Waals surface area contributed by atoms with Crippen LogP contribution in [-0.2, 0) is 11.3 Å². The Labute approximate surface area is 155 Å². The summed E-state index contributed by atoms with van der Waals surface area (Å²) < 4.78 is 1.60. The van der Waals surface area contributed by atoms with Crippen LogP contribution in [0.2, 0.25) is 0 Å². The lowest BCUT2D eigenvalue weighted by Crippen LogP contribution is -2.49. The molecule has 3 rings (SSSR count). The molecular formula is C16H23N7O2S. The van der Waals surface area contributed by atoms with Crippen molar-refractivity contribution in [1.29, 1.82) is 0 Å². The summed E-state index contributed by atoms with van der Waals surface area (Å²) in [5, 5.41) is 7.07. The van der Waals surface area contributed by atoms with E-state index in [1.54, 1.807) is 23.0 Å². The Bertz CT molecular complexity index is 768. The molecule has 0 aromatic carbocycles. The van der Waals surface area contributed by atoms with Gasteiger partial charge in [0.1, 0.15) is 0 Å². The highest BCUT2D eigenvalue weighted by Gasteiger charge is 2.23. The van der Waals surface area contributed by atoms with Gasteiger partial charge in [0.15, 0.2) is 5.16 Å². The molecule has 1 N–H and O–H groups in total. The van der Waals surface area contributed by atoms with Gasteiger partial charge in [-0.2, -0.15) is 0 Å². The fraction of sp³-hybridized carbons (Fsp3) is 0.562. The van der Waals surface area contributed by atoms with Crippen LogP contribution in [0.3, 0.4) is 0 Å². The van der Waals surface area contributed by atoms with E-state index in [4.69, 9.17) is 0 Å². The third-order valence-corrected chi connectivity index (χ3v) is 5.21. The third-order valence-electron chi connectivity index (χ3n) is 4.25. The van der Waals surface area contributed by atoms with Crippen LogP contribution in [0.1, 0.15) is 19.8 Å². The van der Waals surface area contributed by atoms with Crippen molar-refractivity contribution in [3.63, 3.8) is 0 Å². The number of carbonyl (C=O) groups is 1. The van der Waals surface area contributed by atoms with Crippen molar-refractivity contribution in [2.24, 2.45) is 0 Å². The van der Waals surface area contributed by atoms with Gasteiger partial charge in [-0.15, -0.1) is 5.10 Å². The van der Waals surface area contributed by atoms with Crippen LogP contribution in [0, 0.1) is 0 Å².